The molecular formula is C36H34N2O12. The van der Waals surface area contributed by atoms with Gasteiger partial charge in [0.25, 0.3) is 11.4 Å². The zero-order valence-corrected chi connectivity index (χ0v) is 28.0. The van der Waals surface area contributed by atoms with Crippen LogP contribution in [-0.4, -0.2) is 64.1 Å². The van der Waals surface area contributed by atoms with E-state index in [1.165, 1.54) is 91.2 Å². The molecule has 0 saturated carbocycles. The molecule has 0 saturated heterocycles. The van der Waals surface area contributed by atoms with Gasteiger partial charge in [0.2, 0.25) is 11.5 Å². The fourth-order valence-corrected chi connectivity index (χ4v) is 4.60. The van der Waals surface area contributed by atoms with Gasteiger partial charge in [-0.15, -0.1) is 0 Å². The Morgan fingerprint density at radius 3 is 1.18 bits per heavy atom. The van der Waals surface area contributed by atoms with Gasteiger partial charge in [0.15, 0.2) is 34.6 Å². The number of nitro groups is 2. The largest absolute Gasteiger partial charge is 0.493 e. The molecule has 0 radical (unpaired) electrons. The standard InChI is InChI=1S/2C18H17NO6/c2*1-23-16-10-8-14(17(24-2)18(16)25-3)15(20)9-7-12-5-4-6-13(11-12)19(21)22/h2*4-11H,1-3H3/b2*9-7+. The SMILES string of the molecule is COc1ccc(C(=O)/C=C/c2cccc([N+](=O)[O-])c2)c(OC)c1OC.COc1ccc(C(=O)/C=C/c2cccc([N+](=O)[O-])c2)c(OC)c1OC. The van der Waals surface area contributed by atoms with Crippen LogP contribution in [-0.2, 0) is 0 Å². The molecule has 4 aromatic rings. The van der Waals surface area contributed by atoms with Gasteiger partial charge in [0, 0.05) is 24.3 Å². The summed E-state index contributed by atoms with van der Waals surface area (Å²) < 4.78 is 31.4. The number of non-ortho nitro benzene ring substituents is 2. The molecule has 14 nitrogen and oxygen atoms in total. The smallest absolute Gasteiger partial charge is 0.270 e. The van der Waals surface area contributed by atoms with Crippen LogP contribution in [0, 0.1) is 20.2 Å². The van der Waals surface area contributed by atoms with Crippen molar-refractivity contribution >= 4 is 35.1 Å². The van der Waals surface area contributed by atoms with Crippen LogP contribution < -0.4 is 28.4 Å². The first-order valence-corrected chi connectivity index (χ1v) is 14.5. The van der Waals surface area contributed by atoms with Crippen LogP contribution in [0.15, 0.2) is 84.9 Å². The van der Waals surface area contributed by atoms with Crippen molar-refractivity contribution < 1.29 is 47.9 Å². The Labute approximate surface area is 287 Å². The average molecular weight is 687 g/mol. The molecule has 4 aromatic carbocycles. The van der Waals surface area contributed by atoms with Gasteiger partial charge in [-0.25, -0.2) is 0 Å². The first kappa shape index (κ1) is 37.8. The number of nitro benzene ring substituents is 2. The van der Waals surface area contributed by atoms with Gasteiger partial charge in [-0.05, 0) is 47.5 Å². The van der Waals surface area contributed by atoms with Gasteiger partial charge in [-0.3, -0.25) is 29.8 Å². The van der Waals surface area contributed by atoms with Crippen molar-refractivity contribution in [2.45, 2.75) is 0 Å². The second-order valence-corrected chi connectivity index (χ2v) is 9.86. The average Bonchev–Trinajstić information content (AvgIpc) is 3.14. The highest BCUT2D eigenvalue weighted by Crippen LogP contribution is 2.41. The second-order valence-electron chi connectivity index (χ2n) is 9.86. The molecule has 0 aromatic heterocycles. The Bertz CT molecular complexity index is 1800. The highest BCUT2D eigenvalue weighted by molar-refractivity contribution is 6.10. The molecule has 0 bridgehead atoms. The highest BCUT2D eigenvalue weighted by Gasteiger charge is 2.20. The number of hydrogen-bond acceptors (Lipinski definition) is 12. The van der Waals surface area contributed by atoms with Gasteiger partial charge < -0.3 is 28.4 Å². The molecule has 0 atom stereocenters. The third-order valence-corrected chi connectivity index (χ3v) is 6.96. The topological polar surface area (TPSA) is 176 Å². The minimum Gasteiger partial charge on any atom is -0.493 e. The fraction of sp³-hybridized carbons (Fsp3) is 0.167. The molecule has 0 unspecified atom stereocenters. The van der Waals surface area contributed by atoms with Crippen LogP contribution in [0.1, 0.15) is 31.8 Å². The van der Waals surface area contributed by atoms with E-state index >= 15 is 0 Å². The van der Waals surface area contributed by atoms with Crippen LogP contribution in [0.5, 0.6) is 34.5 Å². The minimum atomic E-state index is -0.490. The summed E-state index contributed by atoms with van der Waals surface area (Å²) in [5.41, 5.74) is 1.59. The summed E-state index contributed by atoms with van der Waals surface area (Å²) in [5.74, 6) is 1.39. The fourth-order valence-electron chi connectivity index (χ4n) is 4.60. The molecule has 50 heavy (non-hydrogen) atoms. The lowest BCUT2D eigenvalue weighted by atomic mass is 10.1. The zero-order chi connectivity index (χ0) is 36.8. The summed E-state index contributed by atoms with van der Waals surface area (Å²) in [6.07, 6.45) is 5.66. The summed E-state index contributed by atoms with van der Waals surface area (Å²) in [5, 5.41) is 21.6. The van der Waals surface area contributed by atoms with Crippen LogP contribution in [0.4, 0.5) is 11.4 Å². The van der Waals surface area contributed by atoms with Crippen LogP contribution >= 0.6 is 0 Å². The summed E-state index contributed by atoms with van der Waals surface area (Å²) in [7, 11) is 8.74. The monoisotopic (exact) mass is 686 g/mol. The molecule has 0 aliphatic rings. The van der Waals surface area contributed by atoms with E-state index in [0.717, 1.165) is 0 Å². The first-order valence-electron chi connectivity index (χ1n) is 14.5. The molecule has 0 N–H and O–H groups in total. The van der Waals surface area contributed by atoms with Gasteiger partial charge in [0.1, 0.15) is 0 Å². The lowest BCUT2D eigenvalue weighted by molar-refractivity contribution is -0.385. The van der Waals surface area contributed by atoms with E-state index in [0.29, 0.717) is 45.3 Å². The maximum absolute atomic E-state index is 12.5. The Morgan fingerprint density at radius 1 is 0.520 bits per heavy atom. The predicted octanol–water partition coefficient (Wildman–Crippen LogP) is 7.03. The predicted molar refractivity (Wildman–Crippen MR) is 185 cm³/mol. The molecule has 4 rings (SSSR count). The van der Waals surface area contributed by atoms with Crippen molar-refractivity contribution in [1.29, 1.82) is 0 Å². The van der Waals surface area contributed by atoms with Crippen molar-refractivity contribution in [3.05, 3.63) is 127 Å². The van der Waals surface area contributed by atoms with Gasteiger partial charge in [-0.2, -0.15) is 0 Å². The number of methoxy groups -OCH3 is 6. The van der Waals surface area contributed by atoms with E-state index in [4.69, 9.17) is 28.4 Å². The molecule has 0 amide bonds. The number of rotatable bonds is 14. The van der Waals surface area contributed by atoms with Crippen LogP contribution in [0.2, 0.25) is 0 Å². The normalized spacial score (nSPS) is 10.5. The molecule has 0 spiro atoms. The quantitative estimate of drug-likeness (QED) is 0.0573. The van der Waals surface area contributed by atoms with Crippen molar-refractivity contribution in [2.75, 3.05) is 42.7 Å². The maximum atomic E-state index is 12.5. The molecule has 260 valence electrons. The second kappa shape index (κ2) is 18.0. The lowest BCUT2D eigenvalue weighted by Crippen LogP contribution is -2.02. The van der Waals surface area contributed by atoms with Crippen molar-refractivity contribution in [3.8, 4) is 34.5 Å². The van der Waals surface area contributed by atoms with Gasteiger partial charge in [-0.1, -0.05) is 36.4 Å². The maximum Gasteiger partial charge on any atom is 0.270 e. The summed E-state index contributed by atoms with van der Waals surface area (Å²) in [6, 6.07) is 18.3. The van der Waals surface area contributed by atoms with E-state index < -0.39 is 9.85 Å². The number of benzene rings is 4. The molecule has 0 fully saturated rings. The number of hydrogen-bond donors (Lipinski definition) is 0. The number of carbonyl (C=O) groups is 2. The van der Waals surface area contributed by atoms with Crippen molar-refractivity contribution in [3.63, 3.8) is 0 Å². The van der Waals surface area contributed by atoms with Crippen LogP contribution in [0.25, 0.3) is 12.2 Å². The number of ketones is 2. The van der Waals surface area contributed by atoms with Crippen molar-refractivity contribution in [2.24, 2.45) is 0 Å². The molecular weight excluding hydrogens is 652 g/mol. The summed E-state index contributed by atoms with van der Waals surface area (Å²) in [6.45, 7) is 0. The van der Waals surface area contributed by atoms with E-state index in [1.54, 1.807) is 48.5 Å². The Morgan fingerprint density at radius 2 is 0.880 bits per heavy atom. The van der Waals surface area contributed by atoms with Gasteiger partial charge in [0.05, 0.1) is 63.6 Å². The third kappa shape index (κ3) is 9.22. The lowest BCUT2D eigenvalue weighted by Gasteiger charge is -2.14. The Hall–Kier alpha value is -6.70. The Kier molecular flexibility index (Phi) is 13.6. The van der Waals surface area contributed by atoms with Gasteiger partial charge >= 0.3 is 0 Å². The molecule has 0 aliphatic carbocycles. The molecule has 0 aliphatic heterocycles. The zero-order valence-electron chi connectivity index (χ0n) is 28.0. The van der Waals surface area contributed by atoms with E-state index in [9.17, 15) is 29.8 Å². The van der Waals surface area contributed by atoms with E-state index in [2.05, 4.69) is 0 Å². The van der Waals surface area contributed by atoms with E-state index in [-0.39, 0.29) is 34.4 Å². The summed E-state index contributed by atoms with van der Waals surface area (Å²) >= 11 is 0. The third-order valence-electron chi connectivity index (χ3n) is 6.96. The Balaban J connectivity index is 0.000000270. The van der Waals surface area contributed by atoms with Crippen LogP contribution in [0.3, 0.4) is 0 Å². The number of allylic oxidation sites excluding steroid dienone is 2. The van der Waals surface area contributed by atoms with E-state index in [1.807, 2.05) is 0 Å². The number of ether oxygens (including phenoxy) is 6. The first-order chi connectivity index (χ1) is 24.0. The molecule has 0 heterocycles. The van der Waals surface area contributed by atoms with Crippen molar-refractivity contribution in [1.82, 2.24) is 0 Å². The highest BCUT2D eigenvalue weighted by atomic mass is 16.6. The molecule has 14 heteroatoms. The minimum absolute atomic E-state index is 0.0432. The number of carbonyl (C=O) groups excluding carboxylic acids is 2. The number of nitrogens with zero attached hydrogens (tertiary/aromatic N) is 2. The summed E-state index contributed by atoms with van der Waals surface area (Å²) in [4.78, 5) is 45.6.